The number of hydrogen-bond donors (Lipinski definition) is 2. The van der Waals surface area contributed by atoms with Gasteiger partial charge in [-0.15, -0.1) is 11.3 Å². The maximum absolute atomic E-state index is 12.7. The second kappa shape index (κ2) is 11.9. The van der Waals surface area contributed by atoms with Gasteiger partial charge in [0.05, 0.1) is 36.5 Å². The lowest BCUT2D eigenvalue weighted by Gasteiger charge is -2.14. The zero-order chi connectivity index (χ0) is 24.7. The first-order valence-electron chi connectivity index (χ1n) is 11.3. The molecule has 1 aromatic heterocycles. The quantitative estimate of drug-likeness (QED) is 0.293. The van der Waals surface area contributed by atoms with Gasteiger partial charge in [0.25, 0.3) is 0 Å². The van der Waals surface area contributed by atoms with E-state index in [0.717, 1.165) is 36.1 Å². The third-order valence-corrected chi connectivity index (χ3v) is 6.50. The molecule has 1 aliphatic rings. The number of ether oxygens (including phenoxy) is 3. The fourth-order valence-electron chi connectivity index (χ4n) is 3.70. The van der Waals surface area contributed by atoms with Crippen molar-refractivity contribution in [1.29, 1.82) is 0 Å². The van der Waals surface area contributed by atoms with Gasteiger partial charge >= 0.3 is 17.9 Å². The summed E-state index contributed by atoms with van der Waals surface area (Å²) in [7, 11) is 0. The molecule has 0 radical (unpaired) electrons. The maximum Gasteiger partial charge on any atom is 0.341 e. The third-order valence-electron chi connectivity index (χ3n) is 5.09. The van der Waals surface area contributed by atoms with Crippen molar-refractivity contribution in [3.05, 3.63) is 45.3 Å². The molecule has 0 unspecified atom stereocenters. The van der Waals surface area contributed by atoms with Crippen LogP contribution in [0.5, 0.6) is 0 Å². The molecule has 0 spiro atoms. The summed E-state index contributed by atoms with van der Waals surface area (Å²) in [6.07, 6.45) is 3.84. The van der Waals surface area contributed by atoms with Crippen molar-refractivity contribution in [1.82, 2.24) is 0 Å². The van der Waals surface area contributed by atoms with Crippen molar-refractivity contribution < 1.29 is 28.6 Å². The van der Waals surface area contributed by atoms with Crippen molar-refractivity contribution in [3.63, 3.8) is 0 Å². The highest BCUT2D eigenvalue weighted by Gasteiger charge is 2.27. The van der Waals surface area contributed by atoms with Crippen LogP contribution in [-0.4, -0.2) is 42.8 Å². The van der Waals surface area contributed by atoms with Crippen molar-refractivity contribution in [2.24, 2.45) is 0 Å². The first-order valence-corrected chi connectivity index (χ1v) is 12.5. The van der Waals surface area contributed by atoms with Crippen LogP contribution in [-0.2, 0) is 27.1 Å². The molecule has 3 rings (SSSR count). The first-order chi connectivity index (χ1) is 16.4. The Morgan fingerprint density at radius 1 is 0.853 bits per heavy atom. The van der Waals surface area contributed by atoms with E-state index < -0.39 is 11.9 Å². The first kappa shape index (κ1) is 25.6. The lowest BCUT2D eigenvalue weighted by Crippen LogP contribution is -2.21. The molecule has 0 saturated heterocycles. The molecule has 10 heteroatoms. The SMILES string of the molecule is CCOC(=O)c1cc(NC(=S)Nc2sc3c(c2C(=O)OCC)CCCC3)cc(C(=O)OCC)c1. The van der Waals surface area contributed by atoms with E-state index in [1.165, 1.54) is 17.4 Å². The Balaban J connectivity index is 1.87. The van der Waals surface area contributed by atoms with E-state index >= 15 is 0 Å². The van der Waals surface area contributed by atoms with E-state index in [-0.39, 0.29) is 42.0 Å². The number of thiophene rings is 1. The number of fused-ring (bicyclic) bond motifs is 1. The van der Waals surface area contributed by atoms with Gasteiger partial charge in [0.1, 0.15) is 5.00 Å². The minimum absolute atomic E-state index is 0.191. The standard InChI is InChI=1S/C24H28N2O6S2/c1-4-30-21(27)14-11-15(22(28)31-5-2)13-16(12-14)25-24(33)26-20-19(23(29)32-6-3)17-9-7-8-10-18(17)34-20/h11-13H,4-10H2,1-3H3,(H2,25,26,33). The zero-order valence-corrected chi connectivity index (χ0v) is 21.1. The average molecular weight is 505 g/mol. The molecule has 8 nitrogen and oxygen atoms in total. The lowest BCUT2D eigenvalue weighted by molar-refractivity contribution is 0.0512. The molecule has 1 heterocycles. The smallest absolute Gasteiger partial charge is 0.341 e. The van der Waals surface area contributed by atoms with Gasteiger partial charge in [-0.3, -0.25) is 0 Å². The van der Waals surface area contributed by atoms with Gasteiger partial charge in [0.15, 0.2) is 5.11 Å². The van der Waals surface area contributed by atoms with Crippen molar-refractivity contribution in [3.8, 4) is 0 Å². The largest absolute Gasteiger partial charge is 0.462 e. The van der Waals surface area contributed by atoms with E-state index in [0.29, 0.717) is 16.3 Å². The number of anilines is 2. The number of aryl methyl sites for hydroxylation is 1. The van der Waals surface area contributed by atoms with E-state index in [4.69, 9.17) is 26.4 Å². The number of hydrogen-bond acceptors (Lipinski definition) is 8. The molecule has 0 saturated carbocycles. The number of nitrogens with one attached hydrogen (secondary N) is 2. The molecular weight excluding hydrogens is 476 g/mol. The summed E-state index contributed by atoms with van der Waals surface area (Å²) in [5, 5.41) is 6.94. The Morgan fingerprint density at radius 2 is 1.41 bits per heavy atom. The molecule has 1 aliphatic carbocycles. The summed E-state index contributed by atoms with van der Waals surface area (Å²) in [4.78, 5) is 38.4. The second-order valence-electron chi connectivity index (χ2n) is 7.45. The molecular formula is C24H28N2O6S2. The van der Waals surface area contributed by atoms with Crippen LogP contribution in [0.3, 0.4) is 0 Å². The highest BCUT2D eigenvalue weighted by atomic mass is 32.1. The predicted molar refractivity (Wildman–Crippen MR) is 135 cm³/mol. The molecule has 2 N–H and O–H groups in total. The highest BCUT2D eigenvalue weighted by molar-refractivity contribution is 7.80. The number of rotatable bonds is 8. The fraction of sp³-hybridized carbons (Fsp3) is 0.417. The van der Waals surface area contributed by atoms with Gasteiger partial charge in [0.2, 0.25) is 0 Å². The zero-order valence-electron chi connectivity index (χ0n) is 19.4. The number of benzene rings is 1. The minimum Gasteiger partial charge on any atom is -0.462 e. The fourth-order valence-corrected chi connectivity index (χ4v) is 5.27. The maximum atomic E-state index is 12.7. The summed E-state index contributed by atoms with van der Waals surface area (Å²) in [5.74, 6) is -1.50. The summed E-state index contributed by atoms with van der Waals surface area (Å²) < 4.78 is 15.4. The van der Waals surface area contributed by atoms with Crippen LogP contribution >= 0.6 is 23.6 Å². The van der Waals surface area contributed by atoms with Crippen LogP contribution < -0.4 is 10.6 Å². The number of esters is 3. The Kier molecular flexibility index (Phi) is 9.00. The van der Waals surface area contributed by atoms with Gasteiger partial charge in [-0.2, -0.15) is 0 Å². The van der Waals surface area contributed by atoms with Gasteiger partial charge in [-0.05, 0) is 82.4 Å². The average Bonchev–Trinajstić information content (AvgIpc) is 3.17. The third kappa shape index (κ3) is 6.12. The predicted octanol–water partition coefficient (Wildman–Crippen LogP) is 4.97. The number of carbonyl (C=O) groups is 3. The summed E-state index contributed by atoms with van der Waals surface area (Å²) in [6, 6.07) is 4.50. The Morgan fingerprint density at radius 3 is 2.00 bits per heavy atom. The van der Waals surface area contributed by atoms with Crippen molar-refractivity contribution in [2.45, 2.75) is 46.5 Å². The van der Waals surface area contributed by atoms with Crippen LogP contribution in [0, 0.1) is 0 Å². The molecule has 0 atom stereocenters. The topological polar surface area (TPSA) is 103 Å². The van der Waals surface area contributed by atoms with Crippen LogP contribution in [0.1, 0.15) is 75.1 Å². The molecule has 34 heavy (non-hydrogen) atoms. The Labute approximate surface area is 208 Å². The minimum atomic E-state index is -0.564. The Bertz CT molecular complexity index is 1060. The normalized spacial score (nSPS) is 12.3. The molecule has 2 aromatic rings. The van der Waals surface area contributed by atoms with E-state index in [2.05, 4.69) is 10.6 Å². The molecule has 1 aromatic carbocycles. The number of carbonyl (C=O) groups excluding carboxylic acids is 3. The second-order valence-corrected chi connectivity index (χ2v) is 8.97. The van der Waals surface area contributed by atoms with Crippen LogP contribution in [0.4, 0.5) is 10.7 Å². The van der Waals surface area contributed by atoms with E-state index in [9.17, 15) is 14.4 Å². The van der Waals surface area contributed by atoms with Crippen LogP contribution in [0.15, 0.2) is 18.2 Å². The van der Waals surface area contributed by atoms with Gasteiger partial charge in [-0.1, -0.05) is 0 Å². The van der Waals surface area contributed by atoms with Gasteiger partial charge < -0.3 is 24.8 Å². The van der Waals surface area contributed by atoms with E-state index in [1.54, 1.807) is 32.9 Å². The van der Waals surface area contributed by atoms with Crippen molar-refractivity contribution in [2.75, 3.05) is 30.5 Å². The van der Waals surface area contributed by atoms with Crippen LogP contribution in [0.2, 0.25) is 0 Å². The Hall–Kier alpha value is -2.98. The highest BCUT2D eigenvalue weighted by Crippen LogP contribution is 2.38. The molecule has 0 amide bonds. The molecule has 0 fully saturated rings. The van der Waals surface area contributed by atoms with Crippen molar-refractivity contribution >= 4 is 57.3 Å². The van der Waals surface area contributed by atoms with Gasteiger partial charge in [-0.25, -0.2) is 14.4 Å². The lowest BCUT2D eigenvalue weighted by atomic mass is 9.95. The molecule has 182 valence electrons. The summed E-state index contributed by atoms with van der Waals surface area (Å²) in [6.45, 7) is 5.85. The number of thiocarbonyl (C=S) groups is 1. The molecule has 0 bridgehead atoms. The summed E-state index contributed by atoms with van der Waals surface area (Å²) >= 11 is 6.99. The monoisotopic (exact) mass is 504 g/mol. The van der Waals surface area contributed by atoms with E-state index in [1.807, 2.05) is 0 Å². The summed E-state index contributed by atoms with van der Waals surface area (Å²) in [5.41, 5.74) is 2.34. The van der Waals surface area contributed by atoms with Crippen LogP contribution in [0.25, 0.3) is 0 Å². The molecule has 0 aliphatic heterocycles. The van der Waals surface area contributed by atoms with Gasteiger partial charge in [0, 0.05) is 10.6 Å².